The molecule has 0 spiro atoms. The van der Waals surface area contributed by atoms with Crippen molar-refractivity contribution >= 4 is 6.03 Å². The number of pyridine rings is 1. The Morgan fingerprint density at radius 2 is 2.25 bits per heavy atom. The lowest BCUT2D eigenvalue weighted by Gasteiger charge is -2.31. The summed E-state index contributed by atoms with van der Waals surface area (Å²) in [5.74, 6) is 0.555. The number of nitrogens with zero attached hydrogens (tertiary/aromatic N) is 1. The third kappa shape index (κ3) is 3.40. The largest absolute Gasteiger partial charge is 0.334 e. The molecule has 1 aromatic heterocycles. The molecular weight excluding hydrogens is 254 g/mol. The number of carbonyl (C=O) groups excluding carboxylic acids is 1. The SMILES string of the molecule is Cc1cc(C)c(CNC(=O)N2CCCC(C)C2)c(=O)[nH]1. The number of nitrogens with one attached hydrogen (secondary N) is 2. The zero-order valence-corrected chi connectivity index (χ0v) is 12.5. The maximum Gasteiger partial charge on any atom is 0.317 e. The molecule has 1 aliphatic rings. The molecule has 20 heavy (non-hydrogen) atoms. The highest BCUT2D eigenvalue weighted by atomic mass is 16.2. The average molecular weight is 277 g/mol. The van der Waals surface area contributed by atoms with Crippen LogP contribution in [0.4, 0.5) is 4.79 Å². The Bertz CT molecular complexity index is 551. The van der Waals surface area contributed by atoms with E-state index in [1.165, 1.54) is 6.42 Å². The van der Waals surface area contributed by atoms with E-state index in [1.54, 1.807) is 0 Å². The van der Waals surface area contributed by atoms with Gasteiger partial charge in [-0.05, 0) is 44.2 Å². The Morgan fingerprint density at radius 1 is 1.50 bits per heavy atom. The van der Waals surface area contributed by atoms with Crippen molar-refractivity contribution in [3.05, 3.63) is 33.2 Å². The number of urea groups is 1. The van der Waals surface area contributed by atoms with Crippen LogP contribution in [0, 0.1) is 19.8 Å². The Hall–Kier alpha value is -1.78. The molecule has 2 heterocycles. The van der Waals surface area contributed by atoms with Gasteiger partial charge in [0.2, 0.25) is 0 Å². The summed E-state index contributed by atoms with van der Waals surface area (Å²) in [7, 11) is 0. The predicted molar refractivity (Wildman–Crippen MR) is 78.7 cm³/mol. The first-order chi connectivity index (χ1) is 9.47. The molecular formula is C15H23N3O2. The van der Waals surface area contributed by atoms with Crippen LogP contribution in [0.15, 0.2) is 10.9 Å². The van der Waals surface area contributed by atoms with Gasteiger partial charge >= 0.3 is 6.03 Å². The smallest absolute Gasteiger partial charge is 0.317 e. The monoisotopic (exact) mass is 277 g/mol. The quantitative estimate of drug-likeness (QED) is 0.867. The number of hydrogen-bond acceptors (Lipinski definition) is 2. The molecule has 0 radical (unpaired) electrons. The lowest BCUT2D eigenvalue weighted by molar-refractivity contribution is 0.169. The number of H-pyrrole nitrogens is 1. The summed E-state index contributed by atoms with van der Waals surface area (Å²) < 4.78 is 0. The Morgan fingerprint density at radius 3 is 2.90 bits per heavy atom. The van der Waals surface area contributed by atoms with Crippen molar-refractivity contribution in [1.82, 2.24) is 15.2 Å². The number of likely N-dealkylation sites (tertiary alicyclic amines) is 1. The Labute approximate surface area is 119 Å². The molecule has 5 nitrogen and oxygen atoms in total. The van der Waals surface area contributed by atoms with E-state index < -0.39 is 0 Å². The fraction of sp³-hybridized carbons (Fsp3) is 0.600. The molecule has 2 rings (SSSR count). The van der Waals surface area contributed by atoms with Crippen LogP contribution in [0.5, 0.6) is 0 Å². The normalized spacial score (nSPS) is 18.9. The van der Waals surface area contributed by atoms with Crippen molar-refractivity contribution in [3.63, 3.8) is 0 Å². The predicted octanol–water partition coefficient (Wildman–Crippen LogP) is 1.93. The molecule has 0 aromatic carbocycles. The van der Waals surface area contributed by atoms with Crippen LogP contribution in [-0.2, 0) is 6.54 Å². The fourth-order valence-electron chi connectivity index (χ4n) is 2.75. The number of piperidine rings is 1. The van der Waals surface area contributed by atoms with E-state index in [4.69, 9.17) is 0 Å². The molecule has 5 heteroatoms. The fourth-order valence-corrected chi connectivity index (χ4v) is 2.75. The third-order valence-electron chi connectivity index (χ3n) is 3.85. The van der Waals surface area contributed by atoms with Crippen LogP contribution in [-0.4, -0.2) is 29.0 Å². The summed E-state index contributed by atoms with van der Waals surface area (Å²) in [5, 5.41) is 2.86. The van der Waals surface area contributed by atoms with Crippen molar-refractivity contribution in [2.75, 3.05) is 13.1 Å². The first-order valence-electron chi connectivity index (χ1n) is 7.19. The van der Waals surface area contributed by atoms with Gasteiger partial charge in [0.15, 0.2) is 0 Å². The molecule has 0 bridgehead atoms. The molecule has 1 atom stereocenters. The van der Waals surface area contributed by atoms with E-state index in [2.05, 4.69) is 17.2 Å². The number of aryl methyl sites for hydroxylation is 2. The zero-order chi connectivity index (χ0) is 14.7. The van der Waals surface area contributed by atoms with Crippen LogP contribution in [0.2, 0.25) is 0 Å². The first-order valence-corrected chi connectivity index (χ1v) is 7.19. The standard InChI is InChI=1S/C15H23N3O2/c1-10-5-4-6-18(9-10)15(20)16-8-13-11(2)7-12(3)17-14(13)19/h7,10H,4-6,8-9H2,1-3H3,(H,16,20)(H,17,19). The summed E-state index contributed by atoms with van der Waals surface area (Å²) in [6.07, 6.45) is 2.24. The van der Waals surface area contributed by atoms with Gasteiger partial charge in [-0.1, -0.05) is 6.92 Å². The first kappa shape index (κ1) is 14.6. The highest BCUT2D eigenvalue weighted by molar-refractivity contribution is 5.74. The van der Waals surface area contributed by atoms with Gasteiger partial charge in [-0.2, -0.15) is 0 Å². The molecule has 2 N–H and O–H groups in total. The minimum absolute atomic E-state index is 0.0732. The maximum absolute atomic E-state index is 12.1. The summed E-state index contributed by atoms with van der Waals surface area (Å²) in [4.78, 5) is 28.6. The number of hydrogen-bond donors (Lipinski definition) is 2. The van der Waals surface area contributed by atoms with Crippen LogP contribution in [0.1, 0.15) is 36.6 Å². The van der Waals surface area contributed by atoms with E-state index in [0.717, 1.165) is 30.8 Å². The van der Waals surface area contributed by atoms with Crippen molar-refractivity contribution in [1.29, 1.82) is 0 Å². The minimum Gasteiger partial charge on any atom is -0.334 e. The highest BCUT2D eigenvalue weighted by Gasteiger charge is 2.20. The zero-order valence-electron chi connectivity index (χ0n) is 12.5. The second-order valence-corrected chi connectivity index (χ2v) is 5.80. The molecule has 110 valence electrons. The van der Waals surface area contributed by atoms with Gasteiger partial charge in [0, 0.05) is 24.3 Å². The maximum atomic E-state index is 12.1. The topological polar surface area (TPSA) is 65.2 Å². The lowest BCUT2D eigenvalue weighted by Crippen LogP contribution is -2.45. The molecule has 0 aliphatic carbocycles. The molecule has 1 fully saturated rings. The number of aromatic nitrogens is 1. The van der Waals surface area contributed by atoms with E-state index >= 15 is 0 Å². The van der Waals surface area contributed by atoms with Gasteiger partial charge in [0.1, 0.15) is 0 Å². The van der Waals surface area contributed by atoms with Crippen LogP contribution >= 0.6 is 0 Å². The second-order valence-electron chi connectivity index (χ2n) is 5.80. The lowest BCUT2D eigenvalue weighted by atomic mass is 10.0. The van der Waals surface area contributed by atoms with Gasteiger partial charge in [0.25, 0.3) is 5.56 Å². The summed E-state index contributed by atoms with van der Waals surface area (Å²) >= 11 is 0. The van der Waals surface area contributed by atoms with Crippen LogP contribution in [0.3, 0.4) is 0 Å². The van der Waals surface area contributed by atoms with E-state index in [-0.39, 0.29) is 18.1 Å². The highest BCUT2D eigenvalue weighted by Crippen LogP contribution is 2.15. The molecule has 1 unspecified atom stereocenters. The number of carbonyl (C=O) groups is 1. The molecule has 1 saturated heterocycles. The van der Waals surface area contributed by atoms with E-state index in [1.807, 2.05) is 24.8 Å². The molecule has 2 amide bonds. The van der Waals surface area contributed by atoms with Gasteiger partial charge in [-0.3, -0.25) is 4.79 Å². The van der Waals surface area contributed by atoms with Gasteiger partial charge < -0.3 is 15.2 Å². The Balaban J connectivity index is 1.98. The van der Waals surface area contributed by atoms with Gasteiger partial charge in [0.05, 0.1) is 6.54 Å². The number of rotatable bonds is 2. The molecule has 1 aliphatic heterocycles. The van der Waals surface area contributed by atoms with Gasteiger partial charge in [-0.15, -0.1) is 0 Å². The van der Waals surface area contributed by atoms with Crippen molar-refractivity contribution in [2.45, 2.75) is 40.2 Å². The summed E-state index contributed by atoms with van der Waals surface area (Å²) in [6.45, 7) is 7.80. The number of aromatic amines is 1. The minimum atomic E-state index is -0.116. The Kier molecular flexibility index (Phi) is 4.47. The van der Waals surface area contributed by atoms with E-state index in [9.17, 15) is 9.59 Å². The van der Waals surface area contributed by atoms with Crippen molar-refractivity contribution in [2.24, 2.45) is 5.92 Å². The van der Waals surface area contributed by atoms with E-state index in [0.29, 0.717) is 11.5 Å². The van der Waals surface area contributed by atoms with Crippen molar-refractivity contribution in [3.8, 4) is 0 Å². The summed E-state index contributed by atoms with van der Waals surface area (Å²) in [6, 6.07) is 1.85. The summed E-state index contributed by atoms with van der Waals surface area (Å²) in [5.41, 5.74) is 2.27. The third-order valence-corrected chi connectivity index (χ3v) is 3.85. The van der Waals surface area contributed by atoms with Crippen LogP contribution in [0.25, 0.3) is 0 Å². The van der Waals surface area contributed by atoms with Crippen molar-refractivity contribution < 1.29 is 4.79 Å². The second kappa shape index (κ2) is 6.11. The van der Waals surface area contributed by atoms with Gasteiger partial charge in [-0.25, -0.2) is 4.79 Å². The average Bonchev–Trinajstić information content (AvgIpc) is 2.37. The molecule has 1 aromatic rings. The van der Waals surface area contributed by atoms with Crippen LogP contribution < -0.4 is 10.9 Å². The molecule has 0 saturated carbocycles. The number of amides is 2.